The van der Waals surface area contributed by atoms with Crippen LogP contribution < -0.4 is 15.5 Å². The molecular formula is C13H14BrN3O4. The molecule has 0 aliphatic heterocycles. The highest BCUT2D eigenvalue weighted by atomic mass is 79.9. The Labute approximate surface area is 129 Å². The van der Waals surface area contributed by atoms with Crippen LogP contribution in [0.4, 0.5) is 0 Å². The van der Waals surface area contributed by atoms with Crippen molar-refractivity contribution in [3.8, 4) is 11.5 Å². The molecule has 0 heterocycles. The molecule has 21 heavy (non-hydrogen) atoms. The number of amides is 2. The van der Waals surface area contributed by atoms with Gasteiger partial charge in [0.2, 0.25) is 0 Å². The van der Waals surface area contributed by atoms with Crippen molar-refractivity contribution in [2.75, 3.05) is 13.7 Å². The van der Waals surface area contributed by atoms with E-state index in [1.165, 1.54) is 25.5 Å². The number of phenols is 1. The van der Waals surface area contributed by atoms with Gasteiger partial charge in [0.05, 0.1) is 17.8 Å². The van der Waals surface area contributed by atoms with Crippen molar-refractivity contribution in [2.24, 2.45) is 5.10 Å². The van der Waals surface area contributed by atoms with E-state index in [0.717, 1.165) is 0 Å². The molecule has 0 atom stereocenters. The van der Waals surface area contributed by atoms with Crippen LogP contribution in [0, 0.1) is 0 Å². The SMILES string of the molecule is C=CCNC(=O)C(=O)N/N=C\c1cc(Br)c(O)c(OC)c1. The zero-order valence-electron chi connectivity index (χ0n) is 11.2. The first-order valence-corrected chi connectivity index (χ1v) is 6.57. The predicted octanol–water partition coefficient (Wildman–Crippen LogP) is 0.916. The number of methoxy groups -OCH3 is 1. The van der Waals surface area contributed by atoms with Crippen molar-refractivity contribution in [3.63, 3.8) is 0 Å². The smallest absolute Gasteiger partial charge is 0.329 e. The largest absolute Gasteiger partial charge is 0.503 e. The van der Waals surface area contributed by atoms with E-state index in [1.54, 1.807) is 6.07 Å². The summed E-state index contributed by atoms with van der Waals surface area (Å²) < 4.78 is 5.39. The fraction of sp³-hybridized carbons (Fsp3) is 0.154. The van der Waals surface area contributed by atoms with E-state index < -0.39 is 11.8 Å². The summed E-state index contributed by atoms with van der Waals surface area (Å²) in [5.41, 5.74) is 2.64. The first kappa shape index (κ1) is 16.7. The minimum absolute atomic E-state index is 0.0394. The average Bonchev–Trinajstić information content (AvgIpc) is 2.47. The van der Waals surface area contributed by atoms with Crippen LogP contribution in [0.15, 0.2) is 34.4 Å². The van der Waals surface area contributed by atoms with Crippen molar-refractivity contribution >= 4 is 34.0 Å². The Balaban J connectivity index is 2.69. The number of phenolic OH excluding ortho intramolecular Hbond substituents is 1. The maximum absolute atomic E-state index is 11.3. The van der Waals surface area contributed by atoms with Crippen molar-refractivity contribution in [1.29, 1.82) is 0 Å². The third-order valence-electron chi connectivity index (χ3n) is 2.26. The molecular weight excluding hydrogens is 342 g/mol. The summed E-state index contributed by atoms with van der Waals surface area (Å²) in [4.78, 5) is 22.6. The van der Waals surface area contributed by atoms with Crippen molar-refractivity contribution in [2.45, 2.75) is 0 Å². The molecule has 0 unspecified atom stereocenters. The lowest BCUT2D eigenvalue weighted by atomic mass is 10.2. The molecule has 0 aliphatic rings. The lowest BCUT2D eigenvalue weighted by Gasteiger charge is -2.06. The van der Waals surface area contributed by atoms with Gasteiger partial charge >= 0.3 is 11.8 Å². The first-order valence-electron chi connectivity index (χ1n) is 5.78. The molecule has 0 radical (unpaired) electrons. The first-order chi connectivity index (χ1) is 9.99. The molecule has 1 aromatic carbocycles. The molecule has 0 aliphatic carbocycles. The number of nitrogens with zero attached hydrogens (tertiary/aromatic N) is 1. The van der Waals surface area contributed by atoms with Gasteiger partial charge in [-0.2, -0.15) is 5.10 Å². The van der Waals surface area contributed by atoms with Crippen LogP contribution in [-0.2, 0) is 9.59 Å². The van der Waals surface area contributed by atoms with E-state index in [4.69, 9.17) is 4.74 Å². The molecule has 7 nitrogen and oxygen atoms in total. The summed E-state index contributed by atoms with van der Waals surface area (Å²) >= 11 is 3.16. The van der Waals surface area contributed by atoms with Crippen LogP contribution in [0.3, 0.4) is 0 Å². The summed E-state index contributed by atoms with van der Waals surface area (Å²) in [6.07, 6.45) is 2.76. The van der Waals surface area contributed by atoms with Gasteiger partial charge in [0, 0.05) is 6.54 Å². The molecule has 0 bridgehead atoms. The standard InChI is InChI=1S/C13H14BrN3O4/c1-3-4-15-12(19)13(20)17-16-7-8-5-9(14)11(18)10(6-8)21-2/h3,5-7,18H,1,4H2,2H3,(H,15,19)(H,17,20)/b16-7-. The maximum atomic E-state index is 11.3. The van der Waals surface area contributed by atoms with Crippen molar-refractivity contribution in [3.05, 3.63) is 34.8 Å². The second-order valence-electron chi connectivity index (χ2n) is 3.75. The fourth-order valence-corrected chi connectivity index (χ4v) is 1.75. The molecule has 112 valence electrons. The number of halogens is 1. The number of hydrogen-bond donors (Lipinski definition) is 3. The Morgan fingerprint density at radius 2 is 2.19 bits per heavy atom. The minimum atomic E-state index is -0.891. The zero-order valence-corrected chi connectivity index (χ0v) is 12.8. The minimum Gasteiger partial charge on any atom is -0.503 e. The zero-order chi connectivity index (χ0) is 15.8. The van der Waals surface area contributed by atoms with E-state index in [9.17, 15) is 14.7 Å². The van der Waals surface area contributed by atoms with E-state index in [1.807, 2.05) is 0 Å². The Hall–Kier alpha value is -2.35. The number of hydrazone groups is 1. The van der Waals surface area contributed by atoms with Crippen LogP contribution in [0.25, 0.3) is 0 Å². The van der Waals surface area contributed by atoms with Gasteiger partial charge < -0.3 is 15.2 Å². The highest BCUT2D eigenvalue weighted by molar-refractivity contribution is 9.10. The Bertz CT molecular complexity index is 587. The summed E-state index contributed by atoms with van der Waals surface area (Å²) in [5, 5.41) is 15.6. The van der Waals surface area contributed by atoms with E-state index >= 15 is 0 Å². The highest BCUT2D eigenvalue weighted by Crippen LogP contribution is 2.34. The molecule has 1 aromatic rings. The summed E-state index contributed by atoms with van der Waals surface area (Å²) in [6, 6.07) is 3.10. The third-order valence-corrected chi connectivity index (χ3v) is 2.87. The molecule has 0 spiro atoms. The second-order valence-corrected chi connectivity index (χ2v) is 4.61. The quantitative estimate of drug-likeness (QED) is 0.316. The number of hydrogen-bond acceptors (Lipinski definition) is 5. The molecule has 2 amide bonds. The monoisotopic (exact) mass is 355 g/mol. The topological polar surface area (TPSA) is 100 Å². The third kappa shape index (κ3) is 4.92. The van der Waals surface area contributed by atoms with Gasteiger partial charge in [-0.05, 0) is 33.6 Å². The van der Waals surface area contributed by atoms with Gasteiger partial charge in [0.15, 0.2) is 11.5 Å². The lowest BCUT2D eigenvalue weighted by Crippen LogP contribution is -2.37. The van der Waals surface area contributed by atoms with Crippen LogP contribution in [0.5, 0.6) is 11.5 Å². The summed E-state index contributed by atoms with van der Waals surface area (Å²) in [5.74, 6) is -1.49. The number of carbonyl (C=O) groups excluding carboxylic acids is 2. The van der Waals surface area contributed by atoms with Crippen LogP contribution in [-0.4, -0.2) is 36.8 Å². The molecule has 1 rings (SSSR count). The fourth-order valence-electron chi connectivity index (χ4n) is 1.29. The Morgan fingerprint density at radius 3 is 2.81 bits per heavy atom. The van der Waals surface area contributed by atoms with Crippen LogP contribution in [0.1, 0.15) is 5.56 Å². The summed E-state index contributed by atoms with van der Waals surface area (Å²) in [7, 11) is 1.41. The highest BCUT2D eigenvalue weighted by Gasteiger charge is 2.11. The van der Waals surface area contributed by atoms with Gasteiger partial charge in [-0.3, -0.25) is 9.59 Å². The number of rotatable bonds is 5. The number of benzene rings is 1. The Morgan fingerprint density at radius 1 is 1.48 bits per heavy atom. The predicted molar refractivity (Wildman–Crippen MR) is 81.3 cm³/mol. The van der Waals surface area contributed by atoms with E-state index in [-0.39, 0.29) is 18.0 Å². The molecule has 0 fully saturated rings. The van der Waals surface area contributed by atoms with Gasteiger partial charge in [-0.15, -0.1) is 6.58 Å². The van der Waals surface area contributed by atoms with Gasteiger partial charge in [-0.1, -0.05) is 6.08 Å². The van der Waals surface area contributed by atoms with Crippen molar-refractivity contribution in [1.82, 2.24) is 10.7 Å². The number of ether oxygens (including phenoxy) is 1. The number of carbonyl (C=O) groups is 2. The molecule has 0 saturated carbocycles. The van der Waals surface area contributed by atoms with Gasteiger partial charge in [-0.25, -0.2) is 5.43 Å². The summed E-state index contributed by atoms with van der Waals surface area (Å²) in [6.45, 7) is 3.61. The normalized spacial score (nSPS) is 10.2. The van der Waals surface area contributed by atoms with E-state index in [0.29, 0.717) is 10.0 Å². The molecule has 8 heteroatoms. The molecule has 0 saturated heterocycles. The maximum Gasteiger partial charge on any atom is 0.329 e. The van der Waals surface area contributed by atoms with Crippen LogP contribution in [0.2, 0.25) is 0 Å². The van der Waals surface area contributed by atoms with Crippen LogP contribution >= 0.6 is 15.9 Å². The Kier molecular flexibility index (Phi) is 6.41. The lowest BCUT2D eigenvalue weighted by molar-refractivity contribution is -0.139. The number of aromatic hydroxyl groups is 1. The average molecular weight is 356 g/mol. The number of nitrogens with one attached hydrogen (secondary N) is 2. The second kappa shape index (κ2) is 8.05. The molecule has 0 aromatic heterocycles. The molecule has 3 N–H and O–H groups in total. The van der Waals surface area contributed by atoms with E-state index in [2.05, 4.69) is 38.4 Å². The van der Waals surface area contributed by atoms with Gasteiger partial charge in [0.25, 0.3) is 0 Å². The van der Waals surface area contributed by atoms with Crippen molar-refractivity contribution < 1.29 is 19.4 Å². The van der Waals surface area contributed by atoms with Gasteiger partial charge in [0.1, 0.15) is 0 Å².